The molecule has 0 heterocycles. The summed E-state index contributed by atoms with van der Waals surface area (Å²) in [5, 5.41) is 8.90. The predicted molar refractivity (Wildman–Crippen MR) is 79.8 cm³/mol. The fourth-order valence-corrected chi connectivity index (χ4v) is 2.78. The summed E-state index contributed by atoms with van der Waals surface area (Å²) in [5.41, 5.74) is 0.907. The summed E-state index contributed by atoms with van der Waals surface area (Å²) in [6.07, 6.45) is 0. The summed E-state index contributed by atoms with van der Waals surface area (Å²) in [7, 11) is 0. The third-order valence-corrected chi connectivity index (χ3v) is 3.94. The molecular formula is C16H16O3S. The summed E-state index contributed by atoms with van der Waals surface area (Å²) in [6, 6.07) is 16.3. The molecule has 0 aliphatic rings. The fraction of sp³-hybridized carbons (Fsp3) is 0.188. The van der Waals surface area contributed by atoms with E-state index in [2.05, 4.69) is 0 Å². The molecule has 0 saturated carbocycles. The SMILES string of the molecule is CCOC(=O)C(Sc1ccc(O)cc1)c1ccccc1. The second kappa shape index (κ2) is 7.01. The summed E-state index contributed by atoms with van der Waals surface area (Å²) in [6.45, 7) is 2.16. The first-order valence-corrected chi connectivity index (χ1v) is 7.26. The van der Waals surface area contributed by atoms with Crippen molar-refractivity contribution >= 4 is 17.7 Å². The van der Waals surface area contributed by atoms with Crippen LogP contribution in [0.2, 0.25) is 0 Å². The lowest BCUT2D eigenvalue weighted by Gasteiger charge is -2.15. The third kappa shape index (κ3) is 3.78. The van der Waals surface area contributed by atoms with Gasteiger partial charge < -0.3 is 9.84 Å². The fourth-order valence-electron chi connectivity index (χ4n) is 1.76. The first kappa shape index (κ1) is 14.5. The molecule has 0 aliphatic heterocycles. The van der Waals surface area contributed by atoms with Crippen molar-refractivity contribution in [3.05, 3.63) is 60.2 Å². The van der Waals surface area contributed by atoms with Gasteiger partial charge >= 0.3 is 5.97 Å². The van der Waals surface area contributed by atoms with Crippen LogP contribution in [0.1, 0.15) is 17.7 Å². The maximum Gasteiger partial charge on any atom is 0.323 e. The Morgan fingerprint density at radius 1 is 1.15 bits per heavy atom. The maximum absolute atomic E-state index is 12.1. The van der Waals surface area contributed by atoms with Crippen LogP contribution >= 0.6 is 11.8 Å². The average molecular weight is 288 g/mol. The Labute approximate surface area is 122 Å². The van der Waals surface area contributed by atoms with E-state index in [0.717, 1.165) is 10.5 Å². The molecular weight excluding hydrogens is 272 g/mol. The van der Waals surface area contributed by atoms with Crippen LogP contribution in [0.3, 0.4) is 0 Å². The van der Waals surface area contributed by atoms with Gasteiger partial charge in [0.2, 0.25) is 0 Å². The standard InChI is InChI=1S/C16H16O3S/c1-2-19-16(18)15(12-6-4-3-5-7-12)20-14-10-8-13(17)9-11-14/h3-11,15,17H,2H2,1H3. The van der Waals surface area contributed by atoms with Gasteiger partial charge in [0.15, 0.2) is 0 Å². The van der Waals surface area contributed by atoms with Crippen LogP contribution in [-0.4, -0.2) is 17.7 Å². The van der Waals surface area contributed by atoms with Gasteiger partial charge in [-0.1, -0.05) is 30.3 Å². The molecule has 0 aromatic heterocycles. The minimum atomic E-state index is -0.402. The van der Waals surface area contributed by atoms with Gasteiger partial charge in [-0.3, -0.25) is 4.79 Å². The number of benzene rings is 2. The van der Waals surface area contributed by atoms with E-state index in [9.17, 15) is 9.90 Å². The van der Waals surface area contributed by atoms with Gasteiger partial charge in [0.05, 0.1) is 6.61 Å². The highest BCUT2D eigenvalue weighted by Gasteiger charge is 2.23. The highest BCUT2D eigenvalue weighted by molar-refractivity contribution is 8.00. The average Bonchev–Trinajstić information content (AvgIpc) is 2.48. The number of phenolic OH excluding ortho intramolecular Hbond substituents is 1. The molecule has 0 aliphatic carbocycles. The Kier molecular flexibility index (Phi) is 5.07. The van der Waals surface area contributed by atoms with Crippen LogP contribution in [0.25, 0.3) is 0 Å². The molecule has 20 heavy (non-hydrogen) atoms. The molecule has 0 spiro atoms. The van der Waals surface area contributed by atoms with Gasteiger partial charge in [-0.05, 0) is 36.8 Å². The van der Waals surface area contributed by atoms with Crippen molar-refractivity contribution in [2.24, 2.45) is 0 Å². The van der Waals surface area contributed by atoms with Crippen LogP contribution in [-0.2, 0) is 9.53 Å². The normalized spacial score (nSPS) is 11.8. The van der Waals surface area contributed by atoms with Crippen molar-refractivity contribution in [1.82, 2.24) is 0 Å². The Balaban J connectivity index is 2.23. The van der Waals surface area contributed by atoms with Crippen molar-refractivity contribution in [3.63, 3.8) is 0 Å². The number of hydrogen-bond acceptors (Lipinski definition) is 4. The Bertz CT molecular complexity index is 552. The molecule has 0 radical (unpaired) electrons. The molecule has 2 aromatic carbocycles. The van der Waals surface area contributed by atoms with Crippen molar-refractivity contribution in [3.8, 4) is 5.75 Å². The van der Waals surface area contributed by atoms with Crippen LogP contribution < -0.4 is 0 Å². The lowest BCUT2D eigenvalue weighted by atomic mass is 10.1. The molecule has 104 valence electrons. The van der Waals surface area contributed by atoms with E-state index in [1.807, 2.05) is 30.3 Å². The van der Waals surface area contributed by atoms with Gasteiger partial charge in [0.25, 0.3) is 0 Å². The lowest BCUT2D eigenvalue weighted by Crippen LogP contribution is -2.13. The zero-order valence-corrected chi connectivity index (χ0v) is 12.0. The third-order valence-electron chi connectivity index (χ3n) is 2.69. The van der Waals surface area contributed by atoms with E-state index < -0.39 is 5.25 Å². The molecule has 0 amide bonds. The summed E-state index contributed by atoms with van der Waals surface area (Å²) >= 11 is 1.41. The number of carbonyl (C=O) groups is 1. The number of ether oxygens (including phenoxy) is 1. The maximum atomic E-state index is 12.1. The molecule has 1 atom stereocenters. The number of rotatable bonds is 5. The van der Waals surface area contributed by atoms with Crippen LogP contribution in [0, 0.1) is 0 Å². The van der Waals surface area contributed by atoms with Crippen molar-refractivity contribution in [2.45, 2.75) is 17.1 Å². The summed E-state index contributed by atoms with van der Waals surface area (Å²) < 4.78 is 5.15. The van der Waals surface area contributed by atoms with E-state index >= 15 is 0 Å². The molecule has 1 unspecified atom stereocenters. The predicted octanol–water partition coefficient (Wildman–Crippen LogP) is 3.79. The molecule has 3 nitrogen and oxygen atoms in total. The topological polar surface area (TPSA) is 46.5 Å². The number of esters is 1. The minimum Gasteiger partial charge on any atom is -0.508 e. The first-order valence-electron chi connectivity index (χ1n) is 6.38. The van der Waals surface area contributed by atoms with Gasteiger partial charge in [0, 0.05) is 4.90 Å². The van der Waals surface area contributed by atoms with E-state index in [1.165, 1.54) is 11.8 Å². The quantitative estimate of drug-likeness (QED) is 0.671. The van der Waals surface area contributed by atoms with E-state index in [-0.39, 0.29) is 11.7 Å². The number of phenols is 1. The van der Waals surface area contributed by atoms with Crippen molar-refractivity contribution < 1.29 is 14.6 Å². The van der Waals surface area contributed by atoms with Crippen molar-refractivity contribution in [1.29, 1.82) is 0 Å². The Morgan fingerprint density at radius 2 is 1.80 bits per heavy atom. The smallest absolute Gasteiger partial charge is 0.323 e. The second-order valence-electron chi connectivity index (χ2n) is 4.15. The van der Waals surface area contributed by atoms with Gasteiger partial charge in [-0.15, -0.1) is 11.8 Å². The number of thioether (sulfide) groups is 1. The number of hydrogen-bond donors (Lipinski definition) is 1. The lowest BCUT2D eigenvalue weighted by molar-refractivity contribution is -0.142. The zero-order chi connectivity index (χ0) is 14.4. The molecule has 0 saturated heterocycles. The highest BCUT2D eigenvalue weighted by Crippen LogP contribution is 2.36. The first-order chi connectivity index (χ1) is 9.70. The molecule has 1 N–H and O–H groups in total. The minimum absolute atomic E-state index is 0.210. The van der Waals surface area contributed by atoms with E-state index in [0.29, 0.717) is 6.61 Å². The second-order valence-corrected chi connectivity index (χ2v) is 5.33. The Morgan fingerprint density at radius 3 is 2.40 bits per heavy atom. The molecule has 0 fully saturated rings. The van der Waals surface area contributed by atoms with Crippen LogP contribution in [0.4, 0.5) is 0 Å². The van der Waals surface area contributed by atoms with Crippen LogP contribution in [0.5, 0.6) is 5.75 Å². The van der Waals surface area contributed by atoms with Gasteiger partial charge in [-0.2, -0.15) is 0 Å². The molecule has 0 bridgehead atoms. The number of carbonyl (C=O) groups excluding carboxylic acids is 1. The molecule has 4 heteroatoms. The van der Waals surface area contributed by atoms with Gasteiger partial charge in [0.1, 0.15) is 11.0 Å². The molecule has 2 rings (SSSR count). The summed E-state index contributed by atoms with van der Waals surface area (Å²) in [4.78, 5) is 13.0. The molecule has 2 aromatic rings. The van der Waals surface area contributed by atoms with Gasteiger partial charge in [-0.25, -0.2) is 0 Å². The highest BCUT2D eigenvalue weighted by atomic mass is 32.2. The number of aromatic hydroxyl groups is 1. The Hall–Kier alpha value is -1.94. The van der Waals surface area contributed by atoms with E-state index in [4.69, 9.17) is 4.74 Å². The largest absolute Gasteiger partial charge is 0.508 e. The van der Waals surface area contributed by atoms with Crippen LogP contribution in [0.15, 0.2) is 59.5 Å². The summed E-state index contributed by atoms with van der Waals surface area (Å²) in [5.74, 6) is -0.0430. The van der Waals surface area contributed by atoms with Crippen molar-refractivity contribution in [2.75, 3.05) is 6.61 Å². The van der Waals surface area contributed by atoms with E-state index in [1.54, 1.807) is 31.2 Å². The monoisotopic (exact) mass is 288 g/mol. The zero-order valence-electron chi connectivity index (χ0n) is 11.2.